The molecule has 1 N–H and O–H groups in total. The topological polar surface area (TPSA) is 60.3 Å². The number of hydrogen-bond donors (Lipinski definition) is 1. The van der Waals surface area contributed by atoms with Gasteiger partial charge in [-0.15, -0.1) is 0 Å². The Morgan fingerprint density at radius 2 is 2.08 bits per heavy atom. The van der Waals surface area contributed by atoms with Crippen molar-refractivity contribution in [1.82, 2.24) is 4.72 Å². The minimum absolute atomic E-state index is 0.242. The summed E-state index contributed by atoms with van der Waals surface area (Å²) in [5.41, 5.74) is 1.54. The van der Waals surface area contributed by atoms with Gasteiger partial charge in [0.15, 0.2) is 0 Å². The molecule has 0 saturated heterocycles. The highest BCUT2D eigenvalue weighted by Crippen LogP contribution is 2.20. The van der Waals surface area contributed by atoms with Crippen molar-refractivity contribution in [2.75, 3.05) is 4.72 Å². The standard InChI is InChI=1S/C7H7N2O2S/c10-12(11)8-5-6-3-1-2-4-7(6)9-12/h1-4,9H,5H2. The molecule has 0 bridgehead atoms. The van der Waals surface area contributed by atoms with Gasteiger partial charge in [0.25, 0.3) is 0 Å². The molecule has 4 nitrogen and oxygen atoms in total. The summed E-state index contributed by atoms with van der Waals surface area (Å²) in [5, 5.41) is 0. The molecule has 0 fully saturated rings. The van der Waals surface area contributed by atoms with Crippen molar-refractivity contribution < 1.29 is 8.42 Å². The first kappa shape index (κ1) is 7.57. The highest BCUT2D eigenvalue weighted by Gasteiger charge is 2.19. The Hall–Kier alpha value is -1.07. The van der Waals surface area contributed by atoms with Gasteiger partial charge in [-0.25, -0.2) is 0 Å². The first-order chi connectivity index (χ1) is 5.67. The van der Waals surface area contributed by atoms with Gasteiger partial charge >= 0.3 is 10.2 Å². The van der Waals surface area contributed by atoms with Crippen LogP contribution in [-0.2, 0) is 16.8 Å². The number of para-hydroxylation sites is 1. The van der Waals surface area contributed by atoms with Gasteiger partial charge in [-0.1, -0.05) is 22.9 Å². The molecule has 5 heteroatoms. The summed E-state index contributed by atoms with van der Waals surface area (Å²) in [7, 11) is -3.42. The maximum atomic E-state index is 10.9. The lowest BCUT2D eigenvalue weighted by Gasteiger charge is -2.16. The summed E-state index contributed by atoms with van der Waals surface area (Å²) in [4.78, 5) is 0. The second-order valence-electron chi connectivity index (χ2n) is 2.52. The van der Waals surface area contributed by atoms with Gasteiger partial charge in [0.2, 0.25) is 0 Å². The number of benzene rings is 1. The van der Waals surface area contributed by atoms with E-state index < -0.39 is 10.2 Å². The molecule has 0 aliphatic carbocycles. The Balaban J connectivity index is 2.48. The first-order valence-electron chi connectivity index (χ1n) is 3.47. The van der Waals surface area contributed by atoms with Gasteiger partial charge in [-0.05, 0) is 11.6 Å². The smallest absolute Gasteiger partial charge is 0.270 e. The van der Waals surface area contributed by atoms with Crippen LogP contribution >= 0.6 is 0 Å². The van der Waals surface area contributed by atoms with Crippen LogP contribution in [0, 0.1) is 0 Å². The molecule has 2 rings (SSSR count). The minimum atomic E-state index is -3.42. The summed E-state index contributed by atoms with van der Waals surface area (Å²) in [5.74, 6) is 0. The highest BCUT2D eigenvalue weighted by atomic mass is 32.2. The zero-order chi connectivity index (χ0) is 8.60. The monoisotopic (exact) mass is 183 g/mol. The third-order valence-corrected chi connectivity index (χ3v) is 2.61. The molecule has 0 unspecified atom stereocenters. The molecule has 0 atom stereocenters. The van der Waals surface area contributed by atoms with Crippen LogP contribution in [0.1, 0.15) is 5.56 Å². The van der Waals surface area contributed by atoms with E-state index in [0.29, 0.717) is 5.69 Å². The Morgan fingerprint density at radius 1 is 1.33 bits per heavy atom. The van der Waals surface area contributed by atoms with E-state index in [1.807, 2.05) is 12.1 Å². The van der Waals surface area contributed by atoms with Crippen molar-refractivity contribution in [3.05, 3.63) is 29.8 Å². The van der Waals surface area contributed by atoms with Crippen molar-refractivity contribution in [1.29, 1.82) is 0 Å². The largest absolute Gasteiger partial charge is 0.316 e. The molecule has 1 aromatic rings. The van der Waals surface area contributed by atoms with Crippen LogP contribution in [0.2, 0.25) is 0 Å². The van der Waals surface area contributed by atoms with Crippen LogP contribution in [0.4, 0.5) is 5.69 Å². The third kappa shape index (κ3) is 1.28. The average Bonchev–Trinajstić information content (AvgIpc) is 2.02. The minimum Gasteiger partial charge on any atom is -0.270 e. The maximum absolute atomic E-state index is 10.9. The van der Waals surface area contributed by atoms with E-state index in [9.17, 15) is 8.42 Å². The molecule has 12 heavy (non-hydrogen) atoms. The number of hydrogen-bond acceptors (Lipinski definition) is 2. The quantitative estimate of drug-likeness (QED) is 0.635. The molecule has 0 amide bonds. The van der Waals surface area contributed by atoms with E-state index in [4.69, 9.17) is 0 Å². The van der Waals surface area contributed by atoms with E-state index in [0.717, 1.165) is 5.56 Å². The Kier molecular flexibility index (Phi) is 1.55. The van der Waals surface area contributed by atoms with Crippen molar-refractivity contribution in [2.24, 2.45) is 0 Å². The lowest BCUT2D eigenvalue weighted by molar-refractivity contribution is 0.582. The van der Waals surface area contributed by atoms with E-state index >= 15 is 0 Å². The summed E-state index contributed by atoms with van der Waals surface area (Å²) in [6.45, 7) is 0.242. The van der Waals surface area contributed by atoms with Crippen LogP contribution in [0.3, 0.4) is 0 Å². The molecule has 0 spiro atoms. The zero-order valence-corrected chi connectivity index (χ0v) is 7.00. The lowest BCUT2D eigenvalue weighted by Crippen LogP contribution is -2.28. The van der Waals surface area contributed by atoms with Crippen molar-refractivity contribution in [3.63, 3.8) is 0 Å². The summed E-state index contributed by atoms with van der Waals surface area (Å²) in [6.07, 6.45) is 0. The molecule has 1 aromatic carbocycles. The molecule has 1 aliphatic rings. The molecule has 63 valence electrons. The Bertz CT molecular complexity index is 400. The molecular formula is C7H7N2O2S. The van der Waals surface area contributed by atoms with Crippen molar-refractivity contribution in [3.8, 4) is 0 Å². The normalized spacial score (nSPS) is 19.3. The molecular weight excluding hydrogens is 176 g/mol. The highest BCUT2D eigenvalue weighted by molar-refractivity contribution is 7.90. The van der Waals surface area contributed by atoms with Gasteiger partial charge in [-0.3, -0.25) is 4.72 Å². The fourth-order valence-corrected chi connectivity index (χ4v) is 1.93. The Labute approximate surface area is 70.8 Å². The van der Waals surface area contributed by atoms with Crippen molar-refractivity contribution >= 4 is 15.9 Å². The molecule has 1 aliphatic heterocycles. The van der Waals surface area contributed by atoms with Crippen LogP contribution in [0.5, 0.6) is 0 Å². The van der Waals surface area contributed by atoms with Crippen LogP contribution in [0.15, 0.2) is 24.3 Å². The number of nitrogens with zero attached hydrogens (tertiary/aromatic N) is 1. The second kappa shape index (κ2) is 2.46. The fourth-order valence-electron chi connectivity index (χ4n) is 1.08. The number of fused-ring (bicyclic) bond motifs is 1. The predicted octanol–water partition coefficient (Wildman–Crippen LogP) is 0.461. The average molecular weight is 183 g/mol. The molecule has 0 saturated carbocycles. The molecule has 0 aromatic heterocycles. The van der Waals surface area contributed by atoms with Crippen LogP contribution < -0.4 is 9.44 Å². The van der Waals surface area contributed by atoms with Gasteiger partial charge in [0.05, 0.1) is 12.2 Å². The van der Waals surface area contributed by atoms with Gasteiger partial charge < -0.3 is 0 Å². The van der Waals surface area contributed by atoms with E-state index in [-0.39, 0.29) is 6.54 Å². The Morgan fingerprint density at radius 3 is 2.92 bits per heavy atom. The van der Waals surface area contributed by atoms with E-state index in [1.54, 1.807) is 12.1 Å². The fraction of sp³-hybridized carbons (Fsp3) is 0.143. The molecule has 1 radical (unpaired) electrons. The van der Waals surface area contributed by atoms with Crippen LogP contribution in [-0.4, -0.2) is 8.42 Å². The molecule has 1 heterocycles. The van der Waals surface area contributed by atoms with E-state index in [2.05, 4.69) is 9.44 Å². The number of nitrogens with one attached hydrogen (secondary N) is 1. The van der Waals surface area contributed by atoms with Crippen LogP contribution in [0.25, 0.3) is 0 Å². The number of anilines is 1. The lowest BCUT2D eigenvalue weighted by atomic mass is 10.2. The SMILES string of the molecule is O=S1(=O)[N]Cc2ccccc2N1. The first-order valence-corrected chi connectivity index (χ1v) is 4.91. The van der Waals surface area contributed by atoms with E-state index in [1.165, 1.54) is 0 Å². The third-order valence-electron chi connectivity index (χ3n) is 1.66. The summed E-state index contributed by atoms with van der Waals surface area (Å²) in [6, 6.07) is 7.21. The zero-order valence-electron chi connectivity index (χ0n) is 6.19. The van der Waals surface area contributed by atoms with Crippen molar-refractivity contribution in [2.45, 2.75) is 6.54 Å². The predicted molar refractivity (Wildman–Crippen MR) is 44.8 cm³/mol. The van der Waals surface area contributed by atoms with Gasteiger partial charge in [0.1, 0.15) is 0 Å². The number of rotatable bonds is 0. The van der Waals surface area contributed by atoms with Gasteiger partial charge in [0, 0.05) is 0 Å². The second-order valence-corrected chi connectivity index (χ2v) is 3.93. The summed E-state index contributed by atoms with van der Waals surface area (Å²) < 4.78 is 27.7. The summed E-state index contributed by atoms with van der Waals surface area (Å²) >= 11 is 0. The van der Waals surface area contributed by atoms with Gasteiger partial charge in [-0.2, -0.15) is 8.42 Å². The maximum Gasteiger partial charge on any atom is 0.316 e.